The van der Waals surface area contributed by atoms with E-state index < -0.39 is 0 Å². The smallest absolute Gasteiger partial charge is 0.270 e. The highest BCUT2D eigenvalue weighted by Gasteiger charge is 2.29. The minimum Gasteiger partial charge on any atom is -0.340 e. The van der Waals surface area contributed by atoms with Gasteiger partial charge in [0.05, 0.1) is 5.02 Å². The Labute approximate surface area is 91.0 Å². The number of aromatic nitrogens is 1. The van der Waals surface area contributed by atoms with E-state index in [0.29, 0.717) is 29.0 Å². The Bertz CT molecular complexity index is 351. The molecule has 1 aliphatic rings. The summed E-state index contributed by atoms with van der Waals surface area (Å²) in [5.41, 5.74) is 5.97. The van der Waals surface area contributed by atoms with Crippen molar-refractivity contribution in [3.63, 3.8) is 0 Å². The highest BCUT2D eigenvalue weighted by Crippen LogP contribution is 2.23. The molecule has 4 nitrogen and oxygen atoms in total. The van der Waals surface area contributed by atoms with Crippen molar-refractivity contribution in [2.24, 2.45) is 5.73 Å². The molecule has 0 spiro atoms. The van der Waals surface area contributed by atoms with Crippen LogP contribution in [0, 0.1) is 0 Å². The third-order valence-electron chi connectivity index (χ3n) is 2.15. The Kier molecular flexibility index (Phi) is 2.43. The number of hydrogen-bond acceptors (Lipinski definition) is 2. The zero-order chi connectivity index (χ0) is 10.3. The van der Waals surface area contributed by atoms with Crippen molar-refractivity contribution in [2.45, 2.75) is 6.04 Å². The van der Waals surface area contributed by atoms with Gasteiger partial charge in [0.15, 0.2) is 0 Å². The highest BCUT2D eigenvalue weighted by molar-refractivity contribution is 6.41. The average molecular weight is 234 g/mol. The fraction of sp³-hybridized carbons (Fsp3) is 0.375. The first-order valence-electron chi connectivity index (χ1n) is 4.17. The maximum Gasteiger partial charge on any atom is 0.270 e. The second-order valence-electron chi connectivity index (χ2n) is 3.32. The van der Waals surface area contributed by atoms with Crippen molar-refractivity contribution in [2.75, 3.05) is 13.1 Å². The highest BCUT2D eigenvalue weighted by atomic mass is 35.5. The van der Waals surface area contributed by atoms with E-state index >= 15 is 0 Å². The SMILES string of the molecule is NC1CN(C(=O)c2cc(Cl)c(Cl)[nH]2)C1. The third-order valence-corrected chi connectivity index (χ3v) is 2.85. The van der Waals surface area contributed by atoms with Crippen molar-refractivity contribution >= 4 is 29.1 Å². The molecule has 0 saturated carbocycles. The van der Waals surface area contributed by atoms with Crippen LogP contribution in [0.2, 0.25) is 10.2 Å². The largest absolute Gasteiger partial charge is 0.340 e. The van der Waals surface area contributed by atoms with Crippen LogP contribution in [0.25, 0.3) is 0 Å². The van der Waals surface area contributed by atoms with Gasteiger partial charge in [0.25, 0.3) is 5.91 Å². The second kappa shape index (κ2) is 3.46. The molecule has 1 fully saturated rings. The van der Waals surface area contributed by atoms with Crippen LogP contribution in [-0.2, 0) is 0 Å². The summed E-state index contributed by atoms with van der Waals surface area (Å²) >= 11 is 11.4. The number of H-pyrrole nitrogens is 1. The molecule has 2 rings (SSSR count). The number of halogens is 2. The zero-order valence-electron chi connectivity index (χ0n) is 7.26. The van der Waals surface area contributed by atoms with E-state index in [1.807, 2.05) is 0 Å². The molecule has 1 amide bonds. The second-order valence-corrected chi connectivity index (χ2v) is 4.10. The van der Waals surface area contributed by atoms with Gasteiger partial charge in [-0.05, 0) is 6.07 Å². The summed E-state index contributed by atoms with van der Waals surface area (Å²) in [6.45, 7) is 1.18. The van der Waals surface area contributed by atoms with Gasteiger partial charge in [0.2, 0.25) is 0 Å². The average Bonchev–Trinajstić information content (AvgIpc) is 2.41. The van der Waals surface area contributed by atoms with Crippen molar-refractivity contribution in [1.82, 2.24) is 9.88 Å². The first-order chi connectivity index (χ1) is 6.58. The van der Waals surface area contributed by atoms with Gasteiger partial charge in [-0.2, -0.15) is 0 Å². The summed E-state index contributed by atoms with van der Waals surface area (Å²) in [4.78, 5) is 16.0. The van der Waals surface area contributed by atoms with E-state index in [1.54, 1.807) is 4.90 Å². The molecule has 0 aliphatic carbocycles. The van der Waals surface area contributed by atoms with Gasteiger partial charge in [-0.25, -0.2) is 0 Å². The van der Waals surface area contributed by atoms with E-state index in [2.05, 4.69) is 4.98 Å². The maximum atomic E-state index is 11.7. The molecule has 1 aliphatic heterocycles. The Hall–Kier alpha value is -0.710. The van der Waals surface area contributed by atoms with Gasteiger partial charge >= 0.3 is 0 Å². The molecule has 76 valence electrons. The van der Waals surface area contributed by atoms with E-state index in [9.17, 15) is 4.79 Å². The van der Waals surface area contributed by atoms with Crippen molar-refractivity contribution in [1.29, 1.82) is 0 Å². The van der Waals surface area contributed by atoms with E-state index in [1.165, 1.54) is 6.07 Å². The fourth-order valence-electron chi connectivity index (χ4n) is 1.37. The summed E-state index contributed by atoms with van der Waals surface area (Å²) < 4.78 is 0. The molecular formula is C8H9Cl2N3O. The van der Waals surface area contributed by atoms with Gasteiger partial charge < -0.3 is 15.6 Å². The van der Waals surface area contributed by atoms with Crippen molar-refractivity contribution < 1.29 is 4.79 Å². The maximum absolute atomic E-state index is 11.7. The van der Waals surface area contributed by atoms with Gasteiger partial charge in [0, 0.05) is 19.1 Å². The molecule has 1 aromatic rings. The van der Waals surface area contributed by atoms with Crippen LogP contribution in [-0.4, -0.2) is 34.9 Å². The van der Waals surface area contributed by atoms with Gasteiger partial charge in [-0.1, -0.05) is 23.2 Å². The summed E-state index contributed by atoms with van der Waals surface area (Å²) in [7, 11) is 0. The minimum absolute atomic E-state index is 0.0971. The first kappa shape index (κ1) is 9.83. The van der Waals surface area contributed by atoms with E-state index in [0.717, 1.165) is 0 Å². The lowest BCUT2D eigenvalue weighted by molar-refractivity contribution is 0.0602. The lowest BCUT2D eigenvalue weighted by atomic mass is 10.1. The molecule has 1 aromatic heterocycles. The van der Waals surface area contributed by atoms with Crippen LogP contribution >= 0.6 is 23.2 Å². The number of amides is 1. The molecular weight excluding hydrogens is 225 g/mol. The number of aromatic amines is 1. The number of carbonyl (C=O) groups is 1. The Balaban J connectivity index is 2.12. The molecule has 1 saturated heterocycles. The van der Waals surface area contributed by atoms with Crippen LogP contribution in [0.3, 0.4) is 0 Å². The normalized spacial score (nSPS) is 16.9. The zero-order valence-corrected chi connectivity index (χ0v) is 8.77. The number of likely N-dealkylation sites (tertiary alicyclic amines) is 1. The molecule has 0 radical (unpaired) electrons. The summed E-state index contributed by atoms with van der Waals surface area (Å²) in [6, 6.07) is 1.62. The number of nitrogens with one attached hydrogen (secondary N) is 1. The Morgan fingerprint density at radius 2 is 2.21 bits per heavy atom. The molecule has 0 unspecified atom stereocenters. The fourth-order valence-corrected chi connectivity index (χ4v) is 1.68. The topological polar surface area (TPSA) is 62.1 Å². The van der Waals surface area contributed by atoms with Crippen LogP contribution in [0.1, 0.15) is 10.5 Å². The molecule has 0 aromatic carbocycles. The van der Waals surface area contributed by atoms with E-state index in [4.69, 9.17) is 28.9 Å². The predicted molar refractivity (Wildman–Crippen MR) is 54.7 cm³/mol. The summed E-state index contributed by atoms with van der Waals surface area (Å²) in [5.74, 6) is -0.111. The number of nitrogens with two attached hydrogens (primary N) is 1. The van der Waals surface area contributed by atoms with Crippen molar-refractivity contribution in [3.8, 4) is 0 Å². The molecule has 0 atom stereocenters. The minimum atomic E-state index is -0.111. The van der Waals surface area contributed by atoms with Crippen molar-refractivity contribution in [3.05, 3.63) is 21.9 Å². The number of nitrogens with zero attached hydrogens (tertiary/aromatic N) is 1. The van der Waals surface area contributed by atoms with Crippen LogP contribution in [0.5, 0.6) is 0 Å². The van der Waals surface area contributed by atoms with Gasteiger partial charge in [0.1, 0.15) is 10.8 Å². The number of carbonyl (C=O) groups excluding carboxylic acids is 1. The standard InChI is InChI=1S/C8H9Cl2N3O/c9-5-1-6(12-7(5)10)8(14)13-2-4(11)3-13/h1,4,12H,2-3,11H2. The number of rotatable bonds is 1. The Morgan fingerprint density at radius 1 is 1.57 bits per heavy atom. The monoisotopic (exact) mass is 233 g/mol. The lowest BCUT2D eigenvalue weighted by Gasteiger charge is -2.36. The van der Waals surface area contributed by atoms with Crippen LogP contribution < -0.4 is 5.73 Å². The van der Waals surface area contributed by atoms with E-state index in [-0.39, 0.29) is 11.9 Å². The van der Waals surface area contributed by atoms with Gasteiger partial charge in [-0.3, -0.25) is 4.79 Å². The molecule has 2 heterocycles. The molecule has 14 heavy (non-hydrogen) atoms. The summed E-state index contributed by atoms with van der Waals surface area (Å²) in [6.07, 6.45) is 0. The number of hydrogen-bond donors (Lipinski definition) is 2. The molecule has 6 heteroatoms. The quantitative estimate of drug-likeness (QED) is 0.764. The third kappa shape index (κ3) is 1.61. The van der Waals surface area contributed by atoms with Crippen LogP contribution in [0.15, 0.2) is 6.07 Å². The summed E-state index contributed by atoms with van der Waals surface area (Å²) in [5, 5.41) is 0.652. The van der Waals surface area contributed by atoms with Gasteiger partial charge in [-0.15, -0.1) is 0 Å². The molecule has 0 bridgehead atoms. The first-order valence-corrected chi connectivity index (χ1v) is 4.92. The predicted octanol–water partition coefficient (Wildman–Crippen LogP) is 1.10. The lowest BCUT2D eigenvalue weighted by Crippen LogP contribution is -2.57. The molecule has 3 N–H and O–H groups in total. The van der Waals surface area contributed by atoms with Crippen LogP contribution in [0.4, 0.5) is 0 Å². The Morgan fingerprint density at radius 3 is 2.64 bits per heavy atom.